The molecular weight excluding hydrogens is 234 g/mol. The average molecular weight is 261 g/mol. The molecule has 19 heavy (non-hydrogen) atoms. The molecule has 1 N–H and O–H groups in total. The Labute approximate surface area is 117 Å². The van der Waals surface area contributed by atoms with Gasteiger partial charge in [-0.05, 0) is 57.8 Å². The topological polar surface area (TPSA) is 39.1 Å². The maximum absolute atomic E-state index is 9.67. The second kappa shape index (κ2) is 5.07. The van der Waals surface area contributed by atoms with E-state index in [0.717, 1.165) is 18.8 Å². The molecule has 2 saturated carbocycles. The maximum atomic E-state index is 9.67. The second-order valence-electron chi connectivity index (χ2n) is 7.25. The minimum Gasteiger partial charge on any atom is -0.297 e. The highest BCUT2D eigenvalue weighted by molar-refractivity contribution is 5.14. The molecule has 0 amide bonds. The van der Waals surface area contributed by atoms with E-state index in [2.05, 4.69) is 30.1 Å². The number of rotatable bonds is 3. The molecular formula is C16H27N3. The summed E-state index contributed by atoms with van der Waals surface area (Å²) in [6.07, 6.45) is 8.44. The van der Waals surface area contributed by atoms with Gasteiger partial charge in [-0.1, -0.05) is 6.92 Å². The van der Waals surface area contributed by atoms with Crippen LogP contribution in [0.4, 0.5) is 0 Å². The van der Waals surface area contributed by atoms with Crippen molar-refractivity contribution in [3.05, 3.63) is 0 Å². The van der Waals surface area contributed by atoms with E-state index in [1.54, 1.807) is 0 Å². The molecule has 3 aliphatic rings. The Hall–Kier alpha value is -0.590. The number of hydrogen-bond acceptors (Lipinski definition) is 3. The van der Waals surface area contributed by atoms with E-state index < -0.39 is 0 Å². The van der Waals surface area contributed by atoms with Gasteiger partial charge in [0.2, 0.25) is 0 Å². The summed E-state index contributed by atoms with van der Waals surface area (Å²) in [5.74, 6) is 0.824. The molecule has 4 atom stereocenters. The zero-order valence-electron chi connectivity index (χ0n) is 12.4. The van der Waals surface area contributed by atoms with Gasteiger partial charge in [-0.15, -0.1) is 0 Å². The Morgan fingerprint density at radius 2 is 2.05 bits per heavy atom. The van der Waals surface area contributed by atoms with Crippen LogP contribution in [-0.4, -0.2) is 35.1 Å². The highest BCUT2D eigenvalue weighted by atomic mass is 15.2. The van der Waals surface area contributed by atoms with Crippen LogP contribution in [-0.2, 0) is 0 Å². The standard InChI is InChI=1S/C16H27N3/c1-12-8-13(2)19(10-12)15-4-3-7-16(9-15,11-17)18-14-5-6-14/h12-15,18H,3-10H2,1-2H3. The number of nitrogens with zero attached hydrogens (tertiary/aromatic N) is 2. The summed E-state index contributed by atoms with van der Waals surface area (Å²) in [6.45, 7) is 5.95. The van der Waals surface area contributed by atoms with Gasteiger partial charge < -0.3 is 0 Å². The van der Waals surface area contributed by atoms with Gasteiger partial charge in [-0.25, -0.2) is 0 Å². The predicted octanol–water partition coefficient (Wildman–Crippen LogP) is 2.67. The molecule has 0 aromatic heterocycles. The van der Waals surface area contributed by atoms with Crippen molar-refractivity contribution in [3.63, 3.8) is 0 Å². The minimum absolute atomic E-state index is 0.227. The van der Waals surface area contributed by atoms with Gasteiger partial charge in [0.05, 0.1) is 6.07 Å². The van der Waals surface area contributed by atoms with Gasteiger partial charge in [-0.3, -0.25) is 10.2 Å². The second-order valence-corrected chi connectivity index (χ2v) is 7.25. The molecule has 1 heterocycles. The lowest BCUT2D eigenvalue weighted by molar-refractivity contribution is 0.112. The maximum Gasteiger partial charge on any atom is 0.108 e. The lowest BCUT2D eigenvalue weighted by Crippen LogP contribution is -2.54. The van der Waals surface area contributed by atoms with Crippen LogP contribution in [0.15, 0.2) is 0 Å². The van der Waals surface area contributed by atoms with Crippen molar-refractivity contribution in [1.82, 2.24) is 10.2 Å². The van der Waals surface area contributed by atoms with Crippen molar-refractivity contribution in [1.29, 1.82) is 5.26 Å². The molecule has 0 aromatic carbocycles. The Morgan fingerprint density at radius 1 is 1.26 bits per heavy atom. The molecule has 3 heteroatoms. The quantitative estimate of drug-likeness (QED) is 0.849. The van der Waals surface area contributed by atoms with Crippen LogP contribution in [0.5, 0.6) is 0 Å². The fourth-order valence-corrected chi connectivity index (χ4v) is 4.25. The van der Waals surface area contributed by atoms with E-state index in [-0.39, 0.29) is 5.54 Å². The molecule has 0 radical (unpaired) electrons. The molecule has 0 spiro atoms. The monoisotopic (exact) mass is 261 g/mol. The smallest absolute Gasteiger partial charge is 0.108 e. The molecule has 106 valence electrons. The molecule has 2 aliphatic carbocycles. The van der Waals surface area contributed by atoms with Gasteiger partial charge in [0, 0.05) is 24.7 Å². The first kappa shape index (κ1) is 13.4. The Kier molecular flexibility index (Phi) is 3.57. The third kappa shape index (κ3) is 2.80. The molecule has 1 saturated heterocycles. The summed E-state index contributed by atoms with van der Waals surface area (Å²) in [5, 5.41) is 13.3. The van der Waals surface area contributed by atoms with Crippen LogP contribution in [0.25, 0.3) is 0 Å². The van der Waals surface area contributed by atoms with E-state index in [9.17, 15) is 5.26 Å². The molecule has 3 fully saturated rings. The number of nitriles is 1. The zero-order valence-corrected chi connectivity index (χ0v) is 12.4. The predicted molar refractivity (Wildman–Crippen MR) is 76.7 cm³/mol. The first-order chi connectivity index (χ1) is 9.12. The van der Waals surface area contributed by atoms with Crippen LogP contribution >= 0.6 is 0 Å². The van der Waals surface area contributed by atoms with Crippen LogP contribution in [0, 0.1) is 17.2 Å². The summed E-state index contributed by atoms with van der Waals surface area (Å²) in [4.78, 5) is 2.69. The summed E-state index contributed by atoms with van der Waals surface area (Å²) < 4.78 is 0. The van der Waals surface area contributed by atoms with E-state index in [0.29, 0.717) is 18.1 Å². The molecule has 0 bridgehead atoms. The van der Waals surface area contributed by atoms with Crippen molar-refractivity contribution in [2.24, 2.45) is 5.92 Å². The average Bonchev–Trinajstić information content (AvgIpc) is 3.13. The number of hydrogen-bond donors (Lipinski definition) is 1. The molecule has 3 nitrogen and oxygen atoms in total. The minimum atomic E-state index is -0.227. The summed E-state index contributed by atoms with van der Waals surface area (Å²) >= 11 is 0. The van der Waals surface area contributed by atoms with Crippen molar-refractivity contribution < 1.29 is 0 Å². The van der Waals surface area contributed by atoms with Crippen molar-refractivity contribution in [2.75, 3.05) is 6.54 Å². The molecule has 4 unspecified atom stereocenters. The summed E-state index contributed by atoms with van der Waals surface area (Å²) in [7, 11) is 0. The molecule has 1 aliphatic heterocycles. The van der Waals surface area contributed by atoms with Crippen LogP contribution in [0.2, 0.25) is 0 Å². The highest BCUT2D eigenvalue weighted by Crippen LogP contribution is 2.37. The van der Waals surface area contributed by atoms with E-state index in [4.69, 9.17) is 0 Å². The van der Waals surface area contributed by atoms with Gasteiger partial charge in [0.25, 0.3) is 0 Å². The van der Waals surface area contributed by atoms with Gasteiger partial charge in [0.15, 0.2) is 0 Å². The summed E-state index contributed by atoms with van der Waals surface area (Å²) in [6, 6.07) is 4.59. The SMILES string of the molecule is CC1CC(C)N(C2CCCC(C#N)(NC3CC3)C2)C1. The molecule has 3 rings (SSSR count). The molecule has 0 aromatic rings. The van der Waals surface area contributed by atoms with Crippen molar-refractivity contribution in [3.8, 4) is 6.07 Å². The lowest BCUT2D eigenvalue weighted by atomic mass is 9.79. The Morgan fingerprint density at radius 3 is 2.63 bits per heavy atom. The first-order valence-corrected chi connectivity index (χ1v) is 8.06. The van der Waals surface area contributed by atoms with E-state index in [1.165, 1.54) is 38.6 Å². The van der Waals surface area contributed by atoms with Gasteiger partial charge in [-0.2, -0.15) is 5.26 Å². The fourth-order valence-electron chi connectivity index (χ4n) is 4.25. The first-order valence-electron chi connectivity index (χ1n) is 8.06. The fraction of sp³-hybridized carbons (Fsp3) is 0.938. The third-order valence-corrected chi connectivity index (χ3v) is 5.30. The van der Waals surface area contributed by atoms with E-state index in [1.807, 2.05) is 0 Å². The number of nitrogens with one attached hydrogen (secondary N) is 1. The zero-order chi connectivity index (χ0) is 13.5. The van der Waals surface area contributed by atoms with Crippen molar-refractivity contribution >= 4 is 0 Å². The number of likely N-dealkylation sites (tertiary alicyclic amines) is 1. The Bertz CT molecular complexity index is 371. The summed E-state index contributed by atoms with van der Waals surface area (Å²) in [5.41, 5.74) is -0.227. The largest absolute Gasteiger partial charge is 0.297 e. The van der Waals surface area contributed by atoms with Crippen molar-refractivity contribution in [2.45, 2.75) is 82.5 Å². The highest BCUT2D eigenvalue weighted by Gasteiger charge is 2.43. The van der Waals surface area contributed by atoms with E-state index >= 15 is 0 Å². The Balaban J connectivity index is 1.68. The third-order valence-electron chi connectivity index (χ3n) is 5.30. The lowest BCUT2D eigenvalue weighted by Gasteiger charge is -2.42. The van der Waals surface area contributed by atoms with Crippen LogP contribution < -0.4 is 5.32 Å². The normalized spacial score (nSPS) is 44.2. The van der Waals surface area contributed by atoms with Gasteiger partial charge in [0.1, 0.15) is 5.54 Å². The van der Waals surface area contributed by atoms with Crippen LogP contribution in [0.1, 0.15) is 58.8 Å². The van der Waals surface area contributed by atoms with Gasteiger partial charge >= 0.3 is 0 Å². The van der Waals surface area contributed by atoms with Crippen LogP contribution in [0.3, 0.4) is 0 Å².